The number of methoxy groups -OCH3 is 2. The van der Waals surface area contributed by atoms with Gasteiger partial charge in [0.25, 0.3) is 0 Å². The average Bonchev–Trinajstić information content (AvgIpc) is 2.55. The first-order chi connectivity index (χ1) is 11.3. The molecule has 2 aromatic rings. The molecule has 0 fully saturated rings. The van der Waals surface area contributed by atoms with E-state index in [2.05, 4.69) is 27.7 Å². The van der Waals surface area contributed by atoms with E-state index in [0.717, 1.165) is 11.3 Å². The normalized spacial score (nSPS) is 10.3. The Morgan fingerprint density at radius 1 is 0.750 bits per heavy atom. The molecule has 2 aromatic carbocycles. The smallest absolute Gasteiger partial charge is 0.160 e. The van der Waals surface area contributed by atoms with Crippen molar-refractivity contribution in [3.05, 3.63) is 47.5 Å². The maximum Gasteiger partial charge on any atom is 0.160 e. The van der Waals surface area contributed by atoms with Gasteiger partial charge in [0.2, 0.25) is 0 Å². The molecule has 0 amide bonds. The molecule has 0 saturated heterocycles. The highest BCUT2D eigenvalue weighted by Gasteiger charge is 2.07. The van der Waals surface area contributed by atoms with E-state index in [0.29, 0.717) is 17.6 Å². The fraction of sp³-hybridized carbons (Fsp3) is 0.400. The minimum Gasteiger partial charge on any atom is -0.508 e. The van der Waals surface area contributed by atoms with Crippen LogP contribution in [0.4, 0.5) is 0 Å². The highest BCUT2D eigenvalue weighted by Crippen LogP contribution is 2.30. The first-order valence-corrected chi connectivity index (χ1v) is 8.03. The van der Waals surface area contributed by atoms with Gasteiger partial charge in [0, 0.05) is 6.07 Å². The average molecular weight is 332 g/mol. The van der Waals surface area contributed by atoms with Crippen molar-refractivity contribution in [1.82, 2.24) is 0 Å². The van der Waals surface area contributed by atoms with Crippen LogP contribution in [-0.4, -0.2) is 24.4 Å². The molecule has 0 radical (unpaired) electrons. The van der Waals surface area contributed by atoms with Gasteiger partial charge in [-0.15, -0.1) is 0 Å². The molecule has 0 aromatic heterocycles. The van der Waals surface area contributed by atoms with Crippen LogP contribution in [0.1, 0.15) is 50.7 Å². The first-order valence-electron chi connectivity index (χ1n) is 8.03. The van der Waals surface area contributed by atoms with E-state index in [-0.39, 0.29) is 11.5 Å². The van der Waals surface area contributed by atoms with Crippen LogP contribution in [0.25, 0.3) is 0 Å². The molecule has 4 heteroatoms. The summed E-state index contributed by atoms with van der Waals surface area (Å²) in [5, 5.41) is 18.5. The molecule has 0 aliphatic carbocycles. The zero-order valence-corrected chi connectivity index (χ0v) is 15.3. The maximum absolute atomic E-state index is 9.29. The zero-order valence-electron chi connectivity index (χ0n) is 15.3. The van der Waals surface area contributed by atoms with Crippen molar-refractivity contribution in [3.63, 3.8) is 0 Å². The Hall–Kier alpha value is -2.36. The molecule has 0 spiro atoms. The molecule has 4 nitrogen and oxygen atoms in total. The van der Waals surface area contributed by atoms with Gasteiger partial charge in [-0.05, 0) is 41.2 Å². The number of aromatic hydroxyl groups is 2. The van der Waals surface area contributed by atoms with E-state index in [1.54, 1.807) is 32.4 Å². The highest BCUT2D eigenvalue weighted by atomic mass is 16.5. The summed E-state index contributed by atoms with van der Waals surface area (Å²) < 4.78 is 10.1. The highest BCUT2D eigenvalue weighted by molar-refractivity contribution is 5.42. The van der Waals surface area contributed by atoms with Gasteiger partial charge in [-0.3, -0.25) is 0 Å². The van der Waals surface area contributed by atoms with Crippen molar-refractivity contribution >= 4 is 0 Å². The van der Waals surface area contributed by atoms with Gasteiger partial charge in [-0.2, -0.15) is 0 Å². The minimum atomic E-state index is 0.196. The van der Waals surface area contributed by atoms with E-state index in [4.69, 9.17) is 9.47 Å². The van der Waals surface area contributed by atoms with Crippen LogP contribution in [0.5, 0.6) is 23.0 Å². The molecule has 0 heterocycles. The van der Waals surface area contributed by atoms with Gasteiger partial charge >= 0.3 is 0 Å². The Balaban J connectivity index is 0.000000240. The third-order valence-electron chi connectivity index (χ3n) is 3.71. The first kappa shape index (κ1) is 19.7. The lowest BCUT2D eigenvalue weighted by Gasteiger charge is -2.11. The van der Waals surface area contributed by atoms with E-state index in [1.165, 1.54) is 5.56 Å². The molecule has 0 aliphatic heterocycles. The van der Waals surface area contributed by atoms with Gasteiger partial charge in [-0.1, -0.05) is 39.8 Å². The van der Waals surface area contributed by atoms with Crippen LogP contribution in [0.2, 0.25) is 0 Å². The third kappa shape index (κ3) is 5.37. The standard InChI is InChI=1S/2C10H14O2/c1-7(2)9-5-4-8(11)6-10(9)12-3;1-7(2)8-4-5-9(11)10(6-8)12-3/h2*4-7,11H,1-3H3. The van der Waals surface area contributed by atoms with Crippen molar-refractivity contribution in [1.29, 1.82) is 0 Å². The summed E-state index contributed by atoms with van der Waals surface area (Å²) in [5.41, 5.74) is 2.29. The Morgan fingerprint density at radius 2 is 1.38 bits per heavy atom. The van der Waals surface area contributed by atoms with Crippen LogP contribution < -0.4 is 9.47 Å². The number of rotatable bonds is 4. The van der Waals surface area contributed by atoms with Gasteiger partial charge < -0.3 is 19.7 Å². The fourth-order valence-corrected chi connectivity index (χ4v) is 2.23. The lowest BCUT2D eigenvalue weighted by atomic mass is 10.0. The van der Waals surface area contributed by atoms with Crippen molar-refractivity contribution in [2.24, 2.45) is 0 Å². The van der Waals surface area contributed by atoms with E-state index >= 15 is 0 Å². The van der Waals surface area contributed by atoms with Gasteiger partial charge in [0.05, 0.1) is 14.2 Å². The Kier molecular flexibility index (Phi) is 7.43. The topological polar surface area (TPSA) is 58.9 Å². The SMILES string of the molecule is COc1cc(C(C)C)ccc1O.COc1cc(O)ccc1C(C)C. The predicted molar refractivity (Wildman–Crippen MR) is 97.5 cm³/mol. The van der Waals surface area contributed by atoms with E-state index in [9.17, 15) is 10.2 Å². The molecular weight excluding hydrogens is 304 g/mol. The number of benzene rings is 2. The second kappa shape index (κ2) is 9.06. The van der Waals surface area contributed by atoms with Crippen LogP contribution in [0.3, 0.4) is 0 Å². The predicted octanol–water partition coefficient (Wildman–Crippen LogP) is 5.05. The Morgan fingerprint density at radius 3 is 1.88 bits per heavy atom. The second-order valence-corrected chi connectivity index (χ2v) is 6.17. The third-order valence-corrected chi connectivity index (χ3v) is 3.71. The van der Waals surface area contributed by atoms with E-state index < -0.39 is 0 Å². The van der Waals surface area contributed by atoms with Crippen LogP contribution >= 0.6 is 0 Å². The molecule has 0 saturated carbocycles. The maximum atomic E-state index is 9.29. The lowest BCUT2D eigenvalue weighted by molar-refractivity contribution is 0.372. The number of hydrogen-bond acceptors (Lipinski definition) is 4. The Bertz CT molecular complexity index is 648. The monoisotopic (exact) mass is 332 g/mol. The van der Waals surface area contributed by atoms with Gasteiger partial charge in [0.1, 0.15) is 11.5 Å². The molecule has 2 rings (SSSR count). The molecule has 24 heavy (non-hydrogen) atoms. The second-order valence-electron chi connectivity index (χ2n) is 6.17. The summed E-state index contributed by atoms with van der Waals surface area (Å²) in [4.78, 5) is 0. The van der Waals surface area contributed by atoms with Gasteiger partial charge in [-0.25, -0.2) is 0 Å². The van der Waals surface area contributed by atoms with Crippen LogP contribution in [0.15, 0.2) is 36.4 Å². The molecule has 0 bridgehead atoms. The molecule has 132 valence electrons. The minimum absolute atomic E-state index is 0.196. The summed E-state index contributed by atoms with van der Waals surface area (Å²) in [6.45, 7) is 8.39. The van der Waals surface area contributed by atoms with Crippen LogP contribution in [-0.2, 0) is 0 Å². The molecular formula is C20H28O4. The van der Waals surface area contributed by atoms with Crippen molar-refractivity contribution < 1.29 is 19.7 Å². The summed E-state index contributed by atoms with van der Waals surface area (Å²) >= 11 is 0. The number of hydrogen-bond donors (Lipinski definition) is 2. The summed E-state index contributed by atoms with van der Waals surface area (Å²) in [6.07, 6.45) is 0. The Labute approximate surface area is 144 Å². The molecule has 2 N–H and O–H groups in total. The van der Waals surface area contributed by atoms with Crippen molar-refractivity contribution in [2.45, 2.75) is 39.5 Å². The van der Waals surface area contributed by atoms with Gasteiger partial charge in [0.15, 0.2) is 11.5 Å². The fourth-order valence-electron chi connectivity index (χ4n) is 2.23. The zero-order chi connectivity index (χ0) is 18.3. The number of phenolic OH excluding ortho intramolecular Hbond substituents is 2. The quantitative estimate of drug-likeness (QED) is 0.822. The number of ether oxygens (including phenoxy) is 2. The lowest BCUT2D eigenvalue weighted by Crippen LogP contribution is -1.93. The van der Waals surface area contributed by atoms with Crippen molar-refractivity contribution in [2.75, 3.05) is 14.2 Å². The molecule has 0 aliphatic rings. The molecule has 0 atom stereocenters. The van der Waals surface area contributed by atoms with Crippen molar-refractivity contribution in [3.8, 4) is 23.0 Å². The van der Waals surface area contributed by atoms with Crippen LogP contribution in [0, 0.1) is 0 Å². The summed E-state index contributed by atoms with van der Waals surface area (Å²) in [7, 11) is 3.17. The number of phenols is 2. The van der Waals surface area contributed by atoms with E-state index in [1.807, 2.05) is 18.2 Å². The largest absolute Gasteiger partial charge is 0.508 e. The summed E-state index contributed by atoms with van der Waals surface area (Å²) in [5.74, 6) is 2.62. The summed E-state index contributed by atoms with van der Waals surface area (Å²) in [6, 6.07) is 10.6. The molecule has 0 unspecified atom stereocenters.